The number of quaternary nitrogens is 1. The second-order valence-electron chi connectivity index (χ2n) is 5.77. The second-order valence-corrected chi connectivity index (χ2v) is 5.77. The first-order valence-corrected chi connectivity index (χ1v) is 6.88. The largest absolute Gasteiger partial charge is 0.632 e. The summed E-state index contributed by atoms with van der Waals surface area (Å²) in [4.78, 5) is 12.0. The maximum atomic E-state index is 13.2. The van der Waals surface area contributed by atoms with E-state index in [1.165, 1.54) is 7.11 Å². The average molecular weight is 278 g/mol. The molecule has 0 radical (unpaired) electrons. The molecule has 0 aromatic heterocycles. The van der Waals surface area contributed by atoms with Crippen LogP contribution in [0.2, 0.25) is 0 Å². The van der Waals surface area contributed by atoms with Crippen LogP contribution in [-0.2, 0) is 9.53 Å². The fourth-order valence-corrected chi connectivity index (χ4v) is 3.24. The number of hydrogen-bond donors (Lipinski definition) is 1. The van der Waals surface area contributed by atoms with Crippen LogP contribution in [0.4, 0.5) is 0 Å². The maximum absolute atomic E-state index is 13.2. The maximum Gasteiger partial charge on any atom is 0.365 e. The quantitative estimate of drug-likeness (QED) is 0.515. The fraction of sp³-hybridized carbons (Fsp3) is 0.533. The van der Waals surface area contributed by atoms with Gasteiger partial charge in [-0.05, 0) is 0 Å². The molecule has 2 N–H and O–H groups in total. The third-order valence-electron chi connectivity index (χ3n) is 4.06. The molecule has 110 valence electrons. The molecule has 1 aliphatic heterocycles. The minimum Gasteiger partial charge on any atom is -0.632 e. The molecule has 5 nitrogen and oxygen atoms in total. The Morgan fingerprint density at radius 3 is 2.45 bits per heavy atom. The number of carbonyl (C=O) groups is 1. The van der Waals surface area contributed by atoms with Gasteiger partial charge in [0.1, 0.15) is 18.6 Å². The minimum atomic E-state index is -0.731. The molecule has 1 aromatic carbocycles. The van der Waals surface area contributed by atoms with Crippen molar-refractivity contribution in [3.8, 4) is 0 Å². The Labute approximate surface area is 119 Å². The number of benzene rings is 1. The Bertz CT molecular complexity index is 477. The summed E-state index contributed by atoms with van der Waals surface area (Å²) >= 11 is 0. The number of likely N-dealkylation sites (tertiary alicyclic amines) is 1. The molecule has 0 saturated carbocycles. The first kappa shape index (κ1) is 15.0. The average Bonchev–Trinajstić information content (AvgIpc) is 2.38. The summed E-state index contributed by atoms with van der Waals surface area (Å²) in [6.45, 7) is 3.98. The zero-order valence-corrected chi connectivity index (χ0v) is 12.2. The van der Waals surface area contributed by atoms with Gasteiger partial charge in [0.15, 0.2) is 6.04 Å². The molecule has 0 amide bonds. The van der Waals surface area contributed by atoms with Crippen LogP contribution in [0.1, 0.15) is 25.5 Å². The van der Waals surface area contributed by atoms with Gasteiger partial charge in [0.2, 0.25) is 0 Å². The number of nitrogens with two attached hydrogens (primary N) is 1. The Morgan fingerprint density at radius 1 is 1.40 bits per heavy atom. The van der Waals surface area contributed by atoms with Gasteiger partial charge in [0, 0.05) is 11.5 Å². The summed E-state index contributed by atoms with van der Waals surface area (Å²) in [6, 6.07) is 8.09. The molecule has 20 heavy (non-hydrogen) atoms. The van der Waals surface area contributed by atoms with Crippen molar-refractivity contribution in [2.45, 2.75) is 32.0 Å². The molecule has 1 aromatic rings. The predicted molar refractivity (Wildman–Crippen MR) is 76.3 cm³/mol. The monoisotopic (exact) mass is 278 g/mol. The van der Waals surface area contributed by atoms with E-state index in [0.717, 1.165) is 5.56 Å². The van der Waals surface area contributed by atoms with Crippen LogP contribution in [0.15, 0.2) is 30.3 Å². The van der Waals surface area contributed by atoms with E-state index in [1.54, 1.807) is 0 Å². The Balaban J connectivity index is 2.35. The lowest BCUT2D eigenvalue weighted by Gasteiger charge is -2.63. The van der Waals surface area contributed by atoms with Crippen LogP contribution < -0.4 is 5.73 Å². The van der Waals surface area contributed by atoms with Gasteiger partial charge in [0.05, 0.1) is 7.11 Å². The van der Waals surface area contributed by atoms with E-state index in [0.29, 0.717) is 0 Å². The SMILES string of the molecule is COC(=O)C(C(C)C)[N+]1([O-])CC(N)C1c1ccccc1. The van der Waals surface area contributed by atoms with E-state index < -0.39 is 22.7 Å². The molecule has 5 heteroatoms. The number of esters is 1. The molecule has 4 atom stereocenters. The second kappa shape index (κ2) is 5.52. The lowest BCUT2D eigenvalue weighted by atomic mass is 9.84. The third-order valence-corrected chi connectivity index (χ3v) is 4.06. The predicted octanol–water partition coefficient (Wildman–Crippen LogP) is 1.58. The number of rotatable bonds is 4. The van der Waals surface area contributed by atoms with E-state index in [-0.39, 0.29) is 18.5 Å². The van der Waals surface area contributed by atoms with Gasteiger partial charge in [-0.2, -0.15) is 0 Å². The Morgan fingerprint density at radius 2 is 2.00 bits per heavy atom. The van der Waals surface area contributed by atoms with Crippen molar-refractivity contribution in [3.63, 3.8) is 0 Å². The van der Waals surface area contributed by atoms with Crippen molar-refractivity contribution in [3.05, 3.63) is 41.1 Å². The standard InChI is InChI=1S/C15H22N2O3/c1-10(2)13(15(18)20-3)17(19)9-12(16)14(17)11-7-5-4-6-8-11/h4-8,10,12-14H,9,16H2,1-3H3. The Hall–Kier alpha value is -1.43. The van der Waals surface area contributed by atoms with E-state index in [2.05, 4.69) is 0 Å². The Kier molecular flexibility index (Phi) is 4.13. The smallest absolute Gasteiger partial charge is 0.365 e. The van der Waals surface area contributed by atoms with E-state index in [4.69, 9.17) is 10.5 Å². The molecule has 0 spiro atoms. The van der Waals surface area contributed by atoms with Gasteiger partial charge in [-0.15, -0.1) is 0 Å². The highest BCUT2D eigenvalue weighted by Crippen LogP contribution is 2.44. The van der Waals surface area contributed by atoms with Crippen LogP contribution in [0.3, 0.4) is 0 Å². The minimum absolute atomic E-state index is 0.0985. The number of hydroxylamine groups is 3. The summed E-state index contributed by atoms with van der Waals surface area (Å²) < 4.78 is 4.20. The summed E-state index contributed by atoms with van der Waals surface area (Å²) in [6.07, 6.45) is 0. The molecule has 1 aliphatic rings. The van der Waals surface area contributed by atoms with Gasteiger partial charge < -0.3 is 20.3 Å². The number of ether oxygens (including phenoxy) is 1. The number of nitrogens with zero attached hydrogens (tertiary/aromatic N) is 1. The zero-order chi connectivity index (χ0) is 14.9. The molecule has 0 aliphatic carbocycles. The van der Waals surface area contributed by atoms with Crippen LogP contribution >= 0.6 is 0 Å². The molecule has 1 saturated heterocycles. The van der Waals surface area contributed by atoms with Gasteiger partial charge in [-0.25, -0.2) is 4.79 Å². The highest BCUT2D eigenvalue weighted by atomic mass is 16.6. The topological polar surface area (TPSA) is 75.4 Å². The van der Waals surface area contributed by atoms with Crippen LogP contribution in [-0.4, -0.2) is 36.4 Å². The van der Waals surface area contributed by atoms with Crippen molar-refractivity contribution in [2.24, 2.45) is 11.7 Å². The van der Waals surface area contributed by atoms with E-state index in [1.807, 2.05) is 44.2 Å². The molecule has 4 unspecified atom stereocenters. The normalized spacial score (nSPS) is 30.7. The van der Waals surface area contributed by atoms with Crippen molar-refractivity contribution in [1.29, 1.82) is 0 Å². The van der Waals surface area contributed by atoms with Crippen molar-refractivity contribution in [1.82, 2.24) is 0 Å². The summed E-state index contributed by atoms with van der Waals surface area (Å²) in [5.41, 5.74) is 6.93. The molecule has 0 bridgehead atoms. The summed E-state index contributed by atoms with van der Waals surface area (Å²) in [5.74, 6) is -0.554. The van der Waals surface area contributed by atoms with Crippen LogP contribution in [0, 0.1) is 11.1 Å². The van der Waals surface area contributed by atoms with Crippen LogP contribution in [0.5, 0.6) is 0 Å². The number of hydrogen-bond acceptors (Lipinski definition) is 4. The number of carbonyl (C=O) groups excluding carboxylic acids is 1. The third kappa shape index (κ3) is 2.32. The molecular weight excluding hydrogens is 256 g/mol. The van der Waals surface area contributed by atoms with Gasteiger partial charge in [-0.3, -0.25) is 0 Å². The van der Waals surface area contributed by atoms with Crippen LogP contribution in [0.25, 0.3) is 0 Å². The first-order chi connectivity index (χ1) is 9.41. The molecule has 1 heterocycles. The molecule has 2 rings (SSSR count). The van der Waals surface area contributed by atoms with Gasteiger partial charge in [0.25, 0.3) is 0 Å². The summed E-state index contributed by atoms with van der Waals surface area (Å²) in [5, 5.41) is 13.2. The lowest BCUT2D eigenvalue weighted by molar-refractivity contribution is -0.972. The lowest BCUT2D eigenvalue weighted by Crippen LogP contribution is -2.74. The molecule has 1 fully saturated rings. The zero-order valence-electron chi connectivity index (χ0n) is 12.2. The van der Waals surface area contributed by atoms with Crippen molar-refractivity contribution >= 4 is 5.97 Å². The van der Waals surface area contributed by atoms with E-state index >= 15 is 0 Å². The molecular formula is C15H22N2O3. The van der Waals surface area contributed by atoms with Gasteiger partial charge >= 0.3 is 5.97 Å². The summed E-state index contributed by atoms with van der Waals surface area (Å²) in [7, 11) is 1.32. The first-order valence-electron chi connectivity index (χ1n) is 6.88. The van der Waals surface area contributed by atoms with Gasteiger partial charge in [-0.1, -0.05) is 44.2 Å². The highest BCUT2D eigenvalue weighted by molar-refractivity contribution is 5.75. The fourth-order valence-electron chi connectivity index (χ4n) is 3.24. The van der Waals surface area contributed by atoms with Crippen molar-refractivity contribution < 1.29 is 14.2 Å². The van der Waals surface area contributed by atoms with E-state index in [9.17, 15) is 10.0 Å². The highest BCUT2D eigenvalue weighted by Gasteiger charge is 2.55. The van der Waals surface area contributed by atoms with Crippen molar-refractivity contribution in [2.75, 3.05) is 13.7 Å². The number of methoxy groups -OCH3 is 1.